The van der Waals surface area contributed by atoms with Crippen molar-refractivity contribution in [2.45, 2.75) is 45.1 Å². The molecule has 0 amide bonds. The molecule has 1 unspecified atom stereocenters. The molecule has 2 heteroatoms. The van der Waals surface area contributed by atoms with Gasteiger partial charge in [0.05, 0.1) is 0 Å². The zero-order chi connectivity index (χ0) is 9.97. The number of rotatable bonds is 4. The average molecular weight is 196 g/mol. The zero-order valence-corrected chi connectivity index (χ0v) is 9.41. The lowest BCUT2D eigenvalue weighted by Crippen LogP contribution is -2.42. The second-order valence-electron chi connectivity index (χ2n) is 5.15. The lowest BCUT2D eigenvalue weighted by molar-refractivity contribution is 0.169. The fraction of sp³-hybridized carbons (Fsp3) is 1.00. The van der Waals surface area contributed by atoms with E-state index >= 15 is 0 Å². The van der Waals surface area contributed by atoms with Gasteiger partial charge in [-0.05, 0) is 50.6 Å². The van der Waals surface area contributed by atoms with Gasteiger partial charge in [-0.15, -0.1) is 0 Å². The van der Waals surface area contributed by atoms with E-state index in [2.05, 4.69) is 11.8 Å². The first-order valence-electron chi connectivity index (χ1n) is 6.27. The Hall–Kier alpha value is -0.0800. The van der Waals surface area contributed by atoms with Crippen molar-refractivity contribution in [3.8, 4) is 0 Å². The molecule has 1 atom stereocenters. The smallest absolute Gasteiger partial charge is 0.0196 e. The summed E-state index contributed by atoms with van der Waals surface area (Å²) in [6.45, 7) is 6.05. The van der Waals surface area contributed by atoms with Crippen molar-refractivity contribution in [3.05, 3.63) is 0 Å². The van der Waals surface area contributed by atoms with Gasteiger partial charge < -0.3 is 10.6 Å². The summed E-state index contributed by atoms with van der Waals surface area (Å²) in [5.74, 6) is 1.85. The van der Waals surface area contributed by atoms with Crippen molar-refractivity contribution in [3.63, 3.8) is 0 Å². The molecule has 2 nitrogen and oxygen atoms in total. The molecule has 2 aliphatic rings. The molecule has 1 aliphatic heterocycles. The van der Waals surface area contributed by atoms with E-state index in [4.69, 9.17) is 5.73 Å². The van der Waals surface area contributed by atoms with E-state index in [9.17, 15) is 0 Å². The third-order valence-electron chi connectivity index (χ3n) is 3.98. The fourth-order valence-electron chi connectivity index (χ4n) is 2.55. The Balaban J connectivity index is 1.67. The Morgan fingerprint density at radius 2 is 1.86 bits per heavy atom. The number of nitrogens with zero attached hydrogens (tertiary/aromatic N) is 1. The molecule has 14 heavy (non-hydrogen) atoms. The number of piperidine rings is 1. The zero-order valence-electron chi connectivity index (χ0n) is 9.41. The van der Waals surface area contributed by atoms with Gasteiger partial charge in [0.25, 0.3) is 0 Å². The Bertz CT molecular complexity index is 169. The van der Waals surface area contributed by atoms with Crippen LogP contribution in [0, 0.1) is 11.8 Å². The van der Waals surface area contributed by atoms with Crippen LogP contribution in [0.5, 0.6) is 0 Å². The highest BCUT2D eigenvalue weighted by Gasteiger charge is 2.30. The van der Waals surface area contributed by atoms with E-state index in [0.29, 0.717) is 6.04 Å². The van der Waals surface area contributed by atoms with Crippen LogP contribution >= 0.6 is 0 Å². The van der Waals surface area contributed by atoms with E-state index in [-0.39, 0.29) is 0 Å². The van der Waals surface area contributed by atoms with E-state index in [1.165, 1.54) is 45.2 Å². The Morgan fingerprint density at radius 1 is 1.21 bits per heavy atom. The molecule has 1 saturated carbocycles. The van der Waals surface area contributed by atoms with E-state index < -0.39 is 0 Å². The molecular weight excluding hydrogens is 172 g/mol. The highest BCUT2D eigenvalue weighted by molar-refractivity contribution is 4.87. The molecule has 2 fully saturated rings. The summed E-state index contributed by atoms with van der Waals surface area (Å²) in [7, 11) is 0. The molecule has 1 heterocycles. The van der Waals surface area contributed by atoms with Crippen LogP contribution in [0.4, 0.5) is 0 Å². The van der Waals surface area contributed by atoms with E-state index in [1.807, 2.05) is 0 Å². The third kappa shape index (κ3) is 2.71. The van der Waals surface area contributed by atoms with Gasteiger partial charge in [0.1, 0.15) is 0 Å². The quantitative estimate of drug-likeness (QED) is 0.743. The Morgan fingerprint density at radius 3 is 2.36 bits per heavy atom. The van der Waals surface area contributed by atoms with Crippen molar-refractivity contribution in [1.82, 2.24) is 4.90 Å². The molecule has 0 aromatic rings. The molecule has 0 aromatic carbocycles. The van der Waals surface area contributed by atoms with Crippen LogP contribution in [0.1, 0.15) is 39.0 Å². The second-order valence-corrected chi connectivity index (χ2v) is 5.15. The van der Waals surface area contributed by atoms with Gasteiger partial charge in [0.2, 0.25) is 0 Å². The van der Waals surface area contributed by atoms with Gasteiger partial charge in [-0.3, -0.25) is 0 Å². The van der Waals surface area contributed by atoms with Gasteiger partial charge in [-0.25, -0.2) is 0 Å². The predicted molar refractivity (Wildman–Crippen MR) is 60.2 cm³/mol. The fourth-order valence-corrected chi connectivity index (χ4v) is 2.55. The largest absolute Gasteiger partial charge is 0.326 e. The molecule has 0 spiro atoms. The minimum absolute atomic E-state index is 0.466. The number of hydrogen-bond acceptors (Lipinski definition) is 2. The minimum atomic E-state index is 0.466. The second kappa shape index (κ2) is 4.63. The topological polar surface area (TPSA) is 29.3 Å². The average Bonchev–Trinajstić information content (AvgIpc) is 3.02. The molecule has 82 valence electrons. The van der Waals surface area contributed by atoms with Crippen molar-refractivity contribution in [1.29, 1.82) is 0 Å². The maximum absolute atomic E-state index is 6.14. The Kier molecular flexibility index (Phi) is 3.45. The summed E-state index contributed by atoms with van der Waals surface area (Å²) < 4.78 is 0. The summed E-state index contributed by atoms with van der Waals surface area (Å²) in [4.78, 5) is 2.58. The molecule has 1 saturated heterocycles. The van der Waals surface area contributed by atoms with Crippen LogP contribution in [0.25, 0.3) is 0 Å². The summed E-state index contributed by atoms with van der Waals surface area (Å²) >= 11 is 0. The van der Waals surface area contributed by atoms with Crippen LogP contribution in [0.15, 0.2) is 0 Å². The Labute approximate surface area is 87.8 Å². The van der Waals surface area contributed by atoms with Crippen LogP contribution < -0.4 is 5.73 Å². The van der Waals surface area contributed by atoms with E-state index in [0.717, 1.165) is 18.4 Å². The van der Waals surface area contributed by atoms with Gasteiger partial charge in [-0.2, -0.15) is 0 Å². The van der Waals surface area contributed by atoms with E-state index in [1.54, 1.807) is 0 Å². The van der Waals surface area contributed by atoms with Crippen LogP contribution in [0.3, 0.4) is 0 Å². The first-order chi connectivity index (χ1) is 6.79. The monoisotopic (exact) mass is 196 g/mol. The van der Waals surface area contributed by atoms with Gasteiger partial charge >= 0.3 is 0 Å². The normalized spacial score (nSPS) is 27.9. The van der Waals surface area contributed by atoms with Crippen molar-refractivity contribution >= 4 is 0 Å². The van der Waals surface area contributed by atoms with Crippen molar-refractivity contribution < 1.29 is 0 Å². The summed E-state index contributed by atoms with van der Waals surface area (Å²) in [5, 5.41) is 0. The number of likely N-dealkylation sites (tertiary alicyclic amines) is 1. The number of nitrogens with two attached hydrogens (primary N) is 1. The van der Waals surface area contributed by atoms with Crippen molar-refractivity contribution in [2.75, 3.05) is 19.6 Å². The number of hydrogen-bond donors (Lipinski definition) is 1. The molecular formula is C12H24N2. The van der Waals surface area contributed by atoms with Crippen molar-refractivity contribution in [2.24, 2.45) is 17.6 Å². The maximum Gasteiger partial charge on any atom is 0.0196 e. The molecule has 0 aromatic heterocycles. The van der Waals surface area contributed by atoms with Crippen LogP contribution in [-0.2, 0) is 0 Å². The molecule has 0 bridgehead atoms. The standard InChI is InChI=1S/C12H24N2/c1-2-10-5-7-14(8-6-10)9-12(13)11-3-4-11/h10-12H,2-9,13H2,1H3. The molecule has 1 aliphatic carbocycles. The summed E-state index contributed by atoms with van der Waals surface area (Å²) in [5.41, 5.74) is 6.14. The summed E-state index contributed by atoms with van der Waals surface area (Å²) in [6.07, 6.45) is 6.92. The first-order valence-corrected chi connectivity index (χ1v) is 6.27. The van der Waals surface area contributed by atoms with Crippen LogP contribution in [-0.4, -0.2) is 30.6 Å². The maximum atomic E-state index is 6.14. The highest BCUT2D eigenvalue weighted by atomic mass is 15.1. The highest BCUT2D eigenvalue weighted by Crippen LogP contribution is 2.32. The lowest BCUT2D eigenvalue weighted by Gasteiger charge is -2.33. The molecule has 2 N–H and O–H groups in total. The van der Waals surface area contributed by atoms with Crippen LogP contribution in [0.2, 0.25) is 0 Å². The summed E-state index contributed by atoms with van der Waals surface area (Å²) in [6, 6.07) is 0.466. The first kappa shape index (κ1) is 10.4. The minimum Gasteiger partial charge on any atom is -0.326 e. The molecule has 0 radical (unpaired) electrons. The lowest BCUT2D eigenvalue weighted by atomic mass is 9.94. The van der Waals surface area contributed by atoms with Gasteiger partial charge in [-0.1, -0.05) is 13.3 Å². The predicted octanol–water partition coefficient (Wildman–Crippen LogP) is 1.85. The SMILES string of the molecule is CCC1CCN(CC(N)C2CC2)CC1. The molecule has 2 rings (SSSR count). The van der Waals surface area contributed by atoms with Gasteiger partial charge in [0.15, 0.2) is 0 Å². The van der Waals surface area contributed by atoms with Gasteiger partial charge in [0, 0.05) is 12.6 Å². The third-order valence-corrected chi connectivity index (χ3v) is 3.98.